The van der Waals surface area contributed by atoms with Crippen molar-refractivity contribution < 1.29 is 19.1 Å². The topological polar surface area (TPSA) is 82.8 Å². The molecule has 0 saturated carbocycles. The Morgan fingerprint density at radius 3 is 2.80 bits per heavy atom. The number of nitrogens with zero attached hydrogens (tertiary/aromatic N) is 3. The second kappa shape index (κ2) is 6.90. The predicted molar refractivity (Wildman–Crippen MR) is 90.2 cm³/mol. The quantitative estimate of drug-likeness (QED) is 0.666. The molecular formula is C17H14ClN3O4. The minimum Gasteiger partial charge on any atom is -0.465 e. The molecule has 0 radical (unpaired) electrons. The molecule has 25 heavy (non-hydrogen) atoms. The number of hydrogen-bond donors (Lipinski definition) is 0. The number of ether oxygens (including phenoxy) is 2. The molecule has 3 aromatic rings. The molecular weight excluding hydrogens is 346 g/mol. The highest BCUT2D eigenvalue weighted by molar-refractivity contribution is 6.32. The maximum absolute atomic E-state index is 11.7. The molecule has 128 valence electrons. The molecule has 0 N–H and O–H groups in total. The molecule has 2 heterocycles. The van der Waals surface area contributed by atoms with E-state index in [1.807, 2.05) is 24.3 Å². The molecule has 0 aliphatic rings. The summed E-state index contributed by atoms with van der Waals surface area (Å²) in [5.41, 5.74) is 2.35. The van der Waals surface area contributed by atoms with Crippen LogP contribution in [-0.4, -0.2) is 33.6 Å². The fourth-order valence-corrected chi connectivity index (χ4v) is 2.52. The van der Waals surface area contributed by atoms with Gasteiger partial charge in [-0.2, -0.15) is 0 Å². The first-order valence-electron chi connectivity index (χ1n) is 7.35. The van der Waals surface area contributed by atoms with E-state index in [0.29, 0.717) is 22.5 Å². The number of aromatic nitrogens is 3. The average Bonchev–Trinajstić information content (AvgIpc) is 3.04. The van der Waals surface area contributed by atoms with E-state index < -0.39 is 5.97 Å². The van der Waals surface area contributed by atoms with Crippen LogP contribution < -0.4 is 0 Å². The van der Waals surface area contributed by atoms with Gasteiger partial charge >= 0.3 is 11.9 Å². The minimum absolute atomic E-state index is 0.162. The van der Waals surface area contributed by atoms with Gasteiger partial charge in [-0.3, -0.25) is 4.79 Å². The third-order valence-electron chi connectivity index (χ3n) is 3.47. The van der Waals surface area contributed by atoms with Gasteiger partial charge in [-0.15, -0.1) is 5.10 Å². The lowest BCUT2D eigenvalue weighted by Crippen LogP contribution is -2.01. The van der Waals surface area contributed by atoms with Crippen molar-refractivity contribution >= 4 is 29.1 Å². The Morgan fingerprint density at radius 2 is 2.08 bits per heavy atom. The van der Waals surface area contributed by atoms with Crippen LogP contribution >= 0.6 is 11.6 Å². The number of rotatable bonds is 4. The van der Waals surface area contributed by atoms with Crippen molar-refractivity contribution in [3.05, 3.63) is 52.8 Å². The Bertz CT molecular complexity index is 968. The lowest BCUT2D eigenvalue weighted by Gasteiger charge is -2.06. The summed E-state index contributed by atoms with van der Waals surface area (Å²) in [6.45, 7) is 1.51. The molecule has 8 heteroatoms. The van der Waals surface area contributed by atoms with Gasteiger partial charge in [0.15, 0.2) is 11.0 Å². The summed E-state index contributed by atoms with van der Waals surface area (Å²) in [6, 6.07) is 8.84. The summed E-state index contributed by atoms with van der Waals surface area (Å²) in [7, 11) is 1.30. The van der Waals surface area contributed by atoms with Crippen LogP contribution in [0.15, 0.2) is 36.5 Å². The van der Waals surface area contributed by atoms with E-state index in [1.54, 1.807) is 6.07 Å². The molecule has 0 amide bonds. The summed E-state index contributed by atoms with van der Waals surface area (Å²) in [5, 5.41) is 4.60. The Labute approximate surface area is 148 Å². The number of halogens is 1. The average molecular weight is 360 g/mol. The maximum Gasteiger partial charge on any atom is 0.339 e. The summed E-state index contributed by atoms with van der Waals surface area (Å²) >= 11 is 6.22. The summed E-state index contributed by atoms with van der Waals surface area (Å²) in [5.74, 6) is -0.450. The van der Waals surface area contributed by atoms with Gasteiger partial charge in [-0.1, -0.05) is 29.8 Å². The molecule has 7 nitrogen and oxygen atoms in total. The number of carbonyl (C=O) groups is 2. The summed E-state index contributed by atoms with van der Waals surface area (Å²) in [4.78, 5) is 26.9. The summed E-state index contributed by atoms with van der Waals surface area (Å²) < 4.78 is 11.2. The van der Waals surface area contributed by atoms with Gasteiger partial charge in [0.25, 0.3) is 0 Å². The van der Waals surface area contributed by atoms with Gasteiger partial charge in [-0.25, -0.2) is 14.3 Å². The van der Waals surface area contributed by atoms with E-state index in [2.05, 4.69) is 10.1 Å². The van der Waals surface area contributed by atoms with Gasteiger partial charge in [0.2, 0.25) is 0 Å². The Morgan fingerprint density at radius 1 is 1.28 bits per heavy atom. The van der Waals surface area contributed by atoms with Gasteiger partial charge in [-0.05, 0) is 17.7 Å². The van der Waals surface area contributed by atoms with Crippen LogP contribution in [0.4, 0.5) is 0 Å². The van der Waals surface area contributed by atoms with Crippen LogP contribution in [0.5, 0.6) is 0 Å². The molecule has 0 spiro atoms. The fraction of sp³-hybridized carbons (Fsp3) is 0.176. The first kappa shape index (κ1) is 16.9. The van der Waals surface area contributed by atoms with Crippen molar-refractivity contribution in [3.63, 3.8) is 0 Å². The van der Waals surface area contributed by atoms with E-state index >= 15 is 0 Å². The minimum atomic E-state index is -0.480. The van der Waals surface area contributed by atoms with Crippen molar-refractivity contribution in [2.75, 3.05) is 7.11 Å². The molecule has 2 aromatic heterocycles. The van der Waals surface area contributed by atoms with E-state index in [-0.39, 0.29) is 17.7 Å². The van der Waals surface area contributed by atoms with Crippen molar-refractivity contribution in [1.29, 1.82) is 0 Å². The molecule has 0 bridgehead atoms. The zero-order valence-corrected chi connectivity index (χ0v) is 14.3. The SMILES string of the molecule is COC(=O)c1cc2c(Cl)nc(-c3cccc(COC(C)=O)c3)nn2c1. The van der Waals surface area contributed by atoms with Crippen LogP contribution in [0.25, 0.3) is 16.9 Å². The molecule has 0 unspecified atom stereocenters. The van der Waals surface area contributed by atoms with Crippen molar-refractivity contribution in [2.24, 2.45) is 0 Å². The van der Waals surface area contributed by atoms with Gasteiger partial charge in [0.1, 0.15) is 12.1 Å². The van der Waals surface area contributed by atoms with Crippen LogP contribution in [0, 0.1) is 0 Å². The molecule has 0 fully saturated rings. The first-order chi connectivity index (χ1) is 12.0. The monoisotopic (exact) mass is 359 g/mol. The van der Waals surface area contributed by atoms with E-state index in [0.717, 1.165) is 5.56 Å². The zero-order valence-electron chi connectivity index (χ0n) is 13.5. The molecule has 0 saturated heterocycles. The number of hydrogen-bond acceptors (Lipinski definition) is 6. The smallest absolute Gasteiger partial charge is 0.339 e. The molecule has 1 aromatic carbocycles. The Balaban J connectivity index is 2.00. The number of fused-ring (bicyclic) bond motifs is 1. The second-order valence-electron chi connectivity index (χ2n) is 5.26. The predicted octanol–water partition coefficient (Wildman–Crippen LogP) is 2.90. The molecule has 3 rings (SSSR count). The third-order valence-corrected chi connectivity index (χ3v) is 3.74. The first-order valence-corrected chi connectivity index (χ1v) is 7.72. The lowest BCUT2D eigenvalue weighted by molar-refractivity contribution is -0.142. The van der Waals surface area contributed by atoms with Crippen molar-refractivity contribution in [3.8, 4) is 11.4 Å². The second-order valence-corrected chi connectivity index (χ2v) is 5.62. The van der Waals surface area contributed by atoms with Gasteiger partial charge < -0.3 is 9.47 Å². The number of esters is 2. The van der Waals surface area contributed by atoms with Crippen LogP contribution in [0.3, 0.4) is 0 Å². The normalized spacial score (nSPS) is 10.7. The summed E-state index contributed by atoms with van der Waals surface area (Å²) in [6.07, 6.45) is 1.53. The van der Waals surface area contributed by atoms with Crippen molar-refractivity contribution in [2.45, 2.75) is 13.5 Å². The fourth-order valence-electron chi connectivity index (χ4n) is 2.30. The Hall–Kier alpha value is -2.93. The van der Waals surface area contributed by atoms with E-state index in [1.165, 1.54) is 24.7 Å². The molecule has 0 aliphatic carbocycles. The third kappa shape index (κ3) is 3.61. The number of benzene rings is 1. The van der Waals surface area contributed by atoms with E-state index in [9.17, 15) is 9.59 Å². The van der Waals surface area contributed by atoms with Gasteiger partial charge in [0, 0.05) is 18.7 Å². The number of carbonyl (C=O) groups excluding carboxylic acids is 2. The highest BCUT2D eigenvalue weighted by atomic mass is 35.5. The largest absolute Gasteiger partial charge is 0.465 e. The highest BCUT2D eigenvalue weighted by Gasteiger charge is 2.14. The lowest BCUT2D eigenvalue weighted by atomic mass is 10.1. The maximum atomic E-state index is 11.7. The van der Waals surface area contributed by atoms with Crippen LogP contribution in [0.1, 0.15) is 22.8 Å². The van der Waals surface area contributed by atoms with Crippen LogP contribution in [-0.2, 0) is 20.9 Å². The van der Waals surface area contributed by atoms with Gasteiger partial charge in [0.05, 0.1) is 12.7 Å². The standard InChI is InChI=1S/C17H14ClN3O4/c1-10(22)25-9-11-4-3-5-12(6-11)16-19-15(18)14-7-13(17(23)24-2)8-21(14)20-16/h3-8H,9H2,1-2H3. The van der Waals surface area contributed by atoms with Crippen molar-refractivity contribution in [1.82, 2.24) is 14.6 Å². The molecule has 0 atom stereocenters. The number of methoxy groups -OCH3 is 1. The van der Waals surface area contributed by atoms with Crippen LogP contribution in [0.2, 0.25) is 5.15 Å². The zero-order chi connectivity index (χ0) is 18.0. The Kier molecular flexibility index (Phi) is 4.67. The highest BCUT2D eigenvalue weighted by Crippen LogP contribution is 2.23. The van der Waals surface area contributed by atoms with E-state index in [4.69, 9.17) is 21.1 Å². The molecule has 0 aliphatic heterocycles.